The molecule has 0 aromatic carbocycles. The number of nitrogens with zero attached hydrogens (tertiary/aromatic N) is 6. The first-order valence-corrected chi connectivity index (χ1v) is 7.94. The van der Waals surface area contributed by atoms with Gasteiger partial charge >= 0.3 is 6.55 Å². The lowest BCUT2D eigenvalue weighted by molar-refractivity contribution is -0.00808. The van der Waals surface area contributed by atoms with Crippen molar-refractivity contribution in [3.05, 3.63) is 36.2 Å². The van der Waals surface area contributed by atoms with Gasteiger partial charge in [-0.2, -0.15) is 13.9 Å². The molecule has 1 N–H and O–H groups in total. The third-order valence-electron chi connectivity index (χ3n) is 4.04. The SMILES string of the molecule is CN=C(NCc1nccn1C(F)F)N1CCOC(c2cnn(C)c2)C1.I. The van der Waals surface area contributed by atoms with Crippen molar-refractivity contribution in [2.45, 2.75) is 19.2 Å². The molecule has 3 rings (SSSR count). The van der Waals surface area contributed by atoms with E-state index in [0.29, 0.717) is 25.7 Å². The summed E-state index contributed by atoms with van der Waals surface area (Å²) < 4.78 is 34.2. The van der Waals surface area contributed by atoms with Crippen LogP contribution >= 0.6 is 24.0 Å². The fourth-order valence-electron chi connectivity index (χ4n) is 2.80. The molecule has 0 saturated carbocycles. The molecule has 1 aliphatic heterocycles. The molecule has 1 fully saturated rings. The number of halogens is 3. The third kappa shape index (κ3) is 4.69. The monoisotopic (exact) mass is 481 g/mol. The summed E-state index contributed by atoms with van der Waals surface area (Å²) in [5.74, 6) is 0.884. The number of hydrogen-bond donors (Lipinski definition) is 1. The molecule has 1 unspecified atom stereocenters. The molecule has 0 amide bonds. The first-order chi connectivity index (χ1) is 12.1. The Morgan fingerprint density at radius 1 is 1.50 bits per heavy atom. The van der Waals surface area contributed by atoms with Crippen molar-refractivity contribution in [1.82, 2.24) is 29.5 Å². The van der Waals surface area contributed by atoms with Crippen LogP contribution in [0.1, 0.15) is 24.0 Å². The molecular weight excluding hydrogens is 459 g/mol. The fourth-order valence-corrected chi connectivity index (χ4v) is 2.80. The Kier molecular flexibility index (Phi) is 7.32. The van der Waals surface area contributed by atoms with E-state index in [9.17, 15) is 8.78 Å². The molecule has 1 aliphatic rings. The normalized spacial score (nSPS) is 18.1. The number of aromatic nitrogens is 4. The highest BCUT2D eigenvalue weighted by atomic mass is 127. The smallest absolute Gasteiger partial charge is 0.319 e. The van der Waals surface area contributed by atoms with Crippen molar-refractivity contribution in [1.29, 1.82) is 0 Å². The van der Waals surface area contributed by atoms with Gasteiger partial charge in [0.1, 0.15) is 11.9 Å². The van der Waals surface area contributed by atoms with Gasteiger partial charge in [0, 0.05) is 44.8 Å². The van der Waals surface area contributed by atoms with Gasteiger partial charge in [-0.3, -0.25) is 14.2 Å². The molecule has 1 atom stereocenters. The number of alkyl halides is 2. The number of nitrogens with one attached hydrogen (secondary N) is 1. The summed E-state index contributed by atoms with van der Waals surface area (Å²) in [6.07, 6.45) is 6.22. The van der Waals surface area contributed by atoms with E-state index in [0.717, 1.165) is 10.1 Å². The quantitative estimate of drug-likeness (QED) is 0.410. The van der Waals surface area contributed by atoms with Crippen LogP contribution in [0.2, 0.25) is 0 Å². The molecule has 144 valence electrons. The standard InChI is InChI=1S/C15H21F2N7O.HI/c1-18-15(20-8-13-19-3-4-24(13)14(16)17)23-5-6-25-12(10-23)11-7-21-22(2)9-11;/h3-4,7,9,12,14H,5-6,8,10H2,1-2H3,(H,18,20);1H. The zero-order valence-electron chi connectivity index (χ0n) is 14.5. The van der Waals surface area contributed by atoms with Crippen molar-refractivity contribution in [2.24, 2.45) is 12.0 Å². The van der Waals surface area contributed by atoms with E-state index < -0.39 is 6.55 Å². The van der Waals surface area contributed by atoms with Crippen LogP contribution < -0.4 is 5.32 Å². The van der Waals surface area contributed by atoms with Crippen LogP contribution in [-0.4, -0.2) is 56.9 Å². The number of guanidine groups is 1. The number of imidazole rings is 1. The highest BCUT2D eigenvalue weighted by Crippen LogP contribution is 2.21. The number of ether oxygens (including phenoxy) is 1. The molecule has 0 bridgehead atoms. The molecule has 1 saturated heterocycles. The van der Waals surface area contributed by atoms with E-state index in [2.05, 4.69) is 20.4 Å². The largest absolute Gasteiger partial charge is 0.370 e. The maximum Gasteiger partial charge on any atom is 0.319 e. The van der Waals surface area contributed by atoms with Crippen LogP contribution in [0.15, 0.2) is 29.8 Å². The first kappa shape index (κ1) is 20.6. The summed E-state index contributed by atoms with van der Waals surface area (Å²) in [4.78, 5) is 10.3. The molecule has 3 heterocycles. The second kappa shape index (κ2) is 9.26. The zero-order valence-corrected chi connectivity index (χ0v) is 16.9. The van der Waals surface area contributed by atoms with Crippen LogP contribution in [0.4, 0.5) is 8.78 Å². The van der Waals surface area contributed by atoms with Gasteiger partial charge in [0.05, 0.1) is 25.9 Å². The molecule has 8 nitrogen and oxygen atoms in total. The fraction of sp³-hybridized carbons (Fsp3) is 0.533. The number of morpholine rings is 1. The molecule has 0 radical (unpaired) electrons. The van der Waals surface area contributed by atoms with Gasteiger partial charge in [-0.05, 0) is 0 Å². The van der Waals surface area contributed by atoms with Gasteiger partial charge in [0.15, 0.2) is 5.96 Å². The molecule has 2 aromatic rings. The molecular formula is C15H22F2IN7O. The summed E-state index contributed by atoms with van der Waals surface area (Å²) in [6, 6.07) is 0. The molecule has 26 heavy (non-hydrogen) atoms. The van der Waals surface area contributed by atoms with Gasteiger partial charge in [0.2, 0.25) is 0 Å². The Hall–Kier alpha value is -1.76. The van der Waals surface area contributed by atoms with E-state index in [4.69, 9.17) is 4.74 Å². The Morgan fingerprint density at radius 2 is 2.31 bits per heavy atom. The van der Waals surface area contributed by atoms with Gasteiger partial charge in [-0.1, -0.05) is 0 Å². The first-order valence-electron chi connectivity index (χ1n) is 7.94. The van der Waals surface area contributed by atoms with Crippen LogP contribution in [0.5, 0.6) is 0 Å². The predicted octanol–water partition coefficient (Wildman–Crippen LogP) is 1.78. The molecule has 0 aliphatic carbocycles. The Bertz CT molecular complexity index is 733. The van der Waals surface area contributed by atoms with E-state index in [1.165, 1.54) is 12.4 Å². The average Bonchev–Trinajstić information content (AvgIpc) is 3.25. The Balaban J connectivity index is 0.00000243. The number of aliphatic imine (C=N–C) groups is 1. The van der Waals surface area contributed by atoms with Crippen molar-refractivity contribution >= 4 is 29.9 Å². The summed E-state index contributed by atoms with van der Waals surface area (Å²) in [5.41, 5.74) is 0.996. The van der Waals surface area contributed by atoms with Gasteiger partial charge in [-0.25, -0.2) is 4.98 Å². The highest BCUT2D eigenvalue weighted by Gasteiger charge is 2.25. The van der Waals surface area contributed by atoms with E-state index in [1.807, 2.05) is 18.1 Å². The summed E-state index contributed by atoms with van der Waals surface area (Å²) >= 11 is 0. The Morgan fingerprint density at radius 3 is 2.96 bits per heavy atom. The second-order valence-corrected chi connectivity index (χ2v) is 5.68. The van der Waals surface area contributed by atoms with E-state index in [1.54, 1.807) is 17.9 Å². The third-order valence-corrected chi connectivity index (χ3v) is 4.04. The minimum atomic E-state index is -2.61. The maximum atomic E-state index is 12.9. The minimum absolute atomic E-state index is 0. The van der Waals surface area contributed by atoms with Gasteiger partial charge < -0.3 is 15.0 Å². The van der Waals surface area contributed by atoms with E-state index in [-0.39, 0.29) is 42.4 Å². The lowest BCUT2D eigenvalue weighted by Crippen LogP contribution is -2.48. The van der Waals surface area contributed by atoms with Crippen LogP contribution in [0.3, 0.4) is 0 Å². The second-order valence-electron chi connectivity index (χ2n) is 5.68. The highest BCUT2D eigenvalue weighted by molar-refractivity contribution is 14.0. The van der Waals surface area contributed by atoms with Crippen molar-refractivity contribution in [2.75, 3.05) is 26.7 Å². The van der Waals surface area contributed by atoms with Crippen molar-refractivity contribution in [3.8, 4) is 0 Å². The topological polar surface area (TPSA) is 72.5 Å². The molecule has 2 aromatic heterocycles. The number of rotatable bonds is 4. The van der Waals surface area contributed by atoms with Crippen molar-refractivity contribution in [3.63, 3.8) is 0 Å². The molecule has 11 heteroatoms. The minimum Gasteiger partial charge on any atom is -0.370 e. The number of hydrogen-bond acceptors (Lipinski definition) is 4. The van der Waals surface area contributed by atoms with Crippen LogP contribution in [-0.2, 0) is 18.3 Å². The average molecular weight is 481 g/mol. The lowest BCUT2D eigenvalue weighted by atomic mass is 10.1. The molecule has 0 spiro atoms. The van der Waals surface area contributed by atoms with Crippen LogP contribution in [0.25, 0.3) is 0 Å². The van der Waals surface area contributed by atoms with Crippen LogP contribution in [0, 0.1) is 0 Å². The Labute approximate surface area is 167 Å². The lowest BCUT2D eigenvalue weighted by Gasteiger charge is -2.34. The maximum absolute atomic E-state index is 12.9. The zero-order chi connectivity index (χ0) is 17.8. The number of aryl methyl sites for hydroxylation is 1. The predicted molar refractivity (Wildman–Crippen MR) is 103 cm³/mol. The van der Waals surface area contributed by atoms with Gasteiger partial charge in [0.25, 0.3) is 0 Å². The van der Waals surface area contributed by atoms with Gasteiger partial charge in [-0.15, -0.1) is 24.0 Å². The van der Waals surface area contributed by atoms with E-state index >= 15 is 0 Å². The summed E-state index contributed by atoms with van der Waals surface area (Å²) in [5, 5.41) is 7.27. The van der Waals surface area contributed by atoms with Crippen molar-refractivity contribution < 1.29 is 13.5 Å². The summed E-state index contributed by atoms with van der Waals surface area (Å²) in [6.45, 7) is -0.626. The summed E-state index contributed by atoms with van der Waals surface area (Å²) in [7, 11) is 3.52.